The molecule has 3 N–H and O–H groups in total. The van der Waals surface area contributed by atoms with Gasteiger partial charge in [-0.3, -0.25) is 4.79 Å². The van der Waals surface area contributed by atoms with E-state index in [9.17, 15) is 9.90 Å². The maximum absolute atomic E-state index is 11.5. The molecular formula is C11H15NO3. The normalized spacial score (nSPS) is 12.2. The summed E-state index contributed by atoms with van der Waals surface area (Å²) in [5, 5.41) is 20.8. The topological polar surface area (TPSA) is 69.6 Å². The van der Waals surface area contributed by atoms with E-state index in [1.54, 1.807) is 26.0 Å². The van der Waals surface area contributed by atoms with Crippen molar-refractivity contribution >= 4 is 5.91 Å². The molecule has 0 aromatic heterocycles. The monoisotopic (exact) mass is 209 g/mol. The lowest BCUT2D eigenvalue weighted by Crippen LogP contribution is -2.30. The van der Waals surface area contributed by atoms with E-state index >= 15 is 0 Å². The van der Waals surface area contributed by atoms with Gasteiger partial charge in [-0.1, -0.05) is 0 Å². The largest absolute Gasteiger partial charge is 0.508 e. The second-order valence-electron chi connectivity index (χ2n) is 3.56. The van der Waals surface area contributed by atoms with Crippen molar-refractivity contribution in [1.82, 2.24) is 5.32 Å². The maximum atomic E-state index is 11.5. The first kappa shape index (κ1) is 11.5. The number of nitrogens with one attached hydrogen (secondary N) is 1. The van der Waals surface area contributed by atoms with E-state index in [-0.39, 0.29) is 18.2 Å². The molecule has 0 fully saturated rings. The van der Waals surface area contributed by atoms with Gasteiger partial charge in [0.05, 0.1) is 6.10 Å². The number of aliphatic hydroxyl groups is 1. The Kier molecular flexibility index (Phi) is 3.68. The van der Waals surface area contributed by atoms with Crippen molar-refractivity contribution in [3.8, 4) is 5.75 Å². The highest BCUT2D eigenvalue weighted by Gasteiger charge is 2.07. The van der Waals surface area contributed by atoms with Crippen LogP contribution in [0.3, 0.4) is 0 Å². The van der Waals surface area contributed by atoms with Crippen LogP contribution in [0.1, 0.15) is 22.8 Å². The van der Waals surface area contributed by atoms with Gasteiger partial charge < -0.3 is 15.5 Å². The number of phenols is 1. The lowest BCUT2D eigenvalue weighted by atomic mass is 10.1. The molecule has 0 heterocycles. The van der Waals surface area contributed by atoms with Crippen LogP contribution in [-0.4, -0.2) is 28.8 Å². The van der Waals surface area contributed by atoms with Gasteiger partial charge in [0.1, 0.15) is 5.75 Å². The molecule has 0 saturated heterocycles. The molecule has 1 aromatic rings. The number of hydrogen-bond acceptors (Lipinski definition) is 3. The Balaban J connectivity index is 2.70. The molecule has 0 saturated carbocycles. The summed E-state index contributed by atoms with van der Waals surface area (Å²) in [6.07, 6.45) is -0.563. The number of carbonyl (C=O) groups is 1. The number of aliphatic hydroxyl groups excluding tert-OH is 1. The van der Waals surface area contributed by atoms with Crippen LogP contribution in [0.5, 0.6) is 5.75 Å². The number of benzene rings is 1. The Morgan fingerprint density at radius 1 is 1.53 bits per heavy atom. The fourth-order valence-corrected chi connectivity index (χ4v) is 1.14. The van der Waals surface area contributed by atoms with Crippen molar-refractivity contribution in [3.05, 3.63) is 29.3 Å². The van der Waals surface area contributed by atoms with Crippen LogP contribution in [0.15, 0.2) is 18.2 Å². The van der Waals surface area contributed by atoms with Gasteiger partial charge in [0.15, 0.2) is 0 Å². The SMILES string of the molecule is Cc1cc(C(=O)NC[C@H](C)O)ccc1O. The summed E-state index contributed by atoms with van der Waals surface area (Å²) in [5.41, 5.74) is 1.13. The Bertz CT molecular complexity index is 361. The van der Waals surface area contributed by atoms with Crippen LogP contribution in [-0.2, 0) is 0 Å². The standard InChI is InChI=1S/C11H15NO3/c1-7-5-9(3-4-10(7)14)11(15)12-6-8(2)13/h3-5,8,13-14H,6H2,1-2H3,(H,12,15)/t8-/m0/s1. The zero-order valence-electron chi connectivity index (χ0n) is 8.82. The Morgan fingerprint density at radius 2 is 2.20 bits per heavy atom. The first-order chi connectivity index (χ1) is 7.00. The third-order valence-electron chi connectivity index (χ3n) is 2.02. The van der Waals surface area contributed by atoms with E-state index in [4.69, 9.17) is 5.11 Å². The third-order valence-corrected chi connectivity index (χ3v) is 2.02. The predicted molar refractivity (Wildman–Crippen MR) is 56.9 cm³/mol. The van der Waals surface area contributed by atoms with Gasteiger partial charge in [0, 0.05) is 12.1 Å². The smallest absolute Gasteiger partial charge is 0.251 e. The van der Waals surface area contributed by atoms with Gasteiger partial charge in [-0.05, 0) is 37.6 Å². The lowest BCUT2D eigenvalue weighted by molar-refractivity contribution is 0.0924. The van der Waals surface area contributed by atoms with Crippen molar-refractivity contribution in [2.24, 2.45) is 0 Å². The third kappa shape index (κ3) is 3.25. The molecule has 0 aliphatic carbocycles. The van der Waals surface area contributed by atoms with Gasteiger partial charge in [-0.25, -0.2) is 0 Å². The highest BCUT2D eigenvalue weighted by molar-refractivity contribution is 5.94. The summed E-state index contributed by atoms with van der Waals surface area (Å²) in [4.78, 5) is 11.5. The van der Waals surface area contributed by atoms with E-state index < -0.39 is 6.10 Å². The highest BCUT2D eigenvalue weighted by Crippen LogP contribution is 2.16. The van der Waals surface area contributed by atoms with Crippen molar-refractivity contribution in [2.45, 2.75) is 20.0 Å². The summed E-state index contributed by atoms with van der Waals surface area (Å²) in [6.45, 7) is 3.54. The molecule has 4 heteroatoms. The molecule has 1 atom stereocenters. The molecule has 0 aliphatic rings. The number of aromatic hydroxyl groups is 1. The molecule has 1 amide bonds. The van der Waals surface area contributed by atoms with Gasteiger partial charge in [-0.15, -0.1) is 0 Å². The van der Waals surface area contributed by atoms with Crippen LogP contribution in [0, 0.1) is 6.92 Å². The average Bonchev–Trinajstić information content (AvgIpc) is 2.18. The molecule has 0 aliphatic heterocycles. The summed E-state index contributed by atoms with van der Waals surface area (Å²) in [6, 6.07) is 4.62. The zero-order chi connectivity index (χ0) is 11.4. The average molecular weight is 209 g/mol. The van der Waals surface area contributed by atoms with Crippen LogP contribution < -0.4 is 5.32 Å². The zero-order valence-corrected chi connectivity index (χ0v) is 8.82. The van der Waals surface area contributed by atoms with Gasteiger partial charge in [0.2, 0.25) is 0 Å². The van der Waals surface area contributed by atoms with Gasteiger partial charge in [0.25, 0.3) is 5.91 Å². The fraction of sp³-hybridized carbons (Fsp3) is 0.364. The van der Waals surface area contributed by atoms with Crippen LogP contribution in [0.4, 0.5) is 0 Å². The van der Waals surface area contributed by atoms with Crippen molar-refractivity contribution in [1.29, 1.82) is 0 Å². The lowest BCUT2D eigenvalue weighted by Gasteiger charge is -2.08. The molecule has 4 nitrogen and oxygen atoms in total. The van der Waals surface area contributed by atoms with E-state index in [1.165, 1.54) is 6.07 Å². The second-order valence-corrected chi connectivity index (χ2v) is 3.56. The first-order valence-electron chi connectivity index (χ1n) is 4.76. The van der Waals surface area contributed by atoms with Gasteiger partial charge in [-0.2, -0.15) is 0 Å². The molecule has 0 bridgehead atoms. The van der Waals surface area contributed by atoms with E-state index in [1.807, 2.05) is 0 Å². The number of amides is 1. The summed E-state index contributed by atoms with van der Waals surface area (Å²) in [5.74, 6) is -0.0823. The van der Waals surface area contributed by atoms with Crippen LogP contribution >= 0.6 is 0 Å². The van der Waals surface area contributed by atoms with E-state index in [0.29, 0.717) is 11.1 Å². The molecule has 0 unspecified atom stereocenters. The van der Waals surface area contributed by atoms with Crippen LogP contribution in [0.25, 0.3) is 0 Å². The Morgan fingerprint density at radius 3 is 2.73 bits per heavy atom. The summed E-state index contributed by atoms with van der Waals surface area (Å²) in [7, 11) is 0. The Hall–Kier alpha value is -1.55. The minimum atomic E-state index is -0.563. The fourth-order valence-electron chi connectivity index (χ4n) is 1.14. The quantitative estimate of drug-likeness (QED) is 0.690. The maximum Gasteiger partial charge on any atom is 0.251 e. The van der Waals surface area contributed by atoms with Gasteiger partial charge >= 0.3 is 0 Å². The molecule has 0 spiro atoms. The summed E-state index contributed by atoms with van der Waals surface area (Å²) < 4.78 is 0. The van der Waals surface area contributed by atoms with Crippen molar-refractivity contribution in [2.75, 3.05) is 6.54 Å². The molecule has 82 valence electrons. The van der Waals surface area contributed by atoms with E-state index in [2.05, 4.69) is 5.32 Å². The minimum absolute atomic E-state index is 0.169. The molecule has 15 heavy (non-hydrogen) atoms. The molecule has 1 aromatic carbocycles. The molecule has 1 rings (SSSR count). The molecule has 0 radical (unpaired) electrons. The number of aryl methyl sites for hydroxylation is 1. The van der Waals surface area contributed by atoms with E-state index in [0.717, 1.165) is 0 Å². The van der Waals surface area contributed by atoms with Crippen LogP contribution in [0.2, 0.25) is 0 Å². The predicted octanol–water partition coefficient (Wildman–Crippen LogP) is 0.811. The van der Waals surface area contributed by atoms with Crippen molar-refractivity contribution < 1.29 is 15.0 Å². The van der Waals surface area contributed by atoms with Crippen molar-refractivity contribution in [3.63, 3.8) is 0 Å². The number of phenolic OH excluding ortho intramolecular Hbond substituents is 1. The molecular weight excluding hydrogens is 194 g/mol. The number of rotatable bonds is 3. The summed E-state index contributed by atoms with van der Waals surface area (Å²) >= 11 is 0. The number of hydrogen-bond donors (Lipinski definition) is 3. The first-order valence-corrected chi connectivity index (χ1v) is 4.76. The second kappa shape index (κ2) is 4.79. The number of carbonyl (C=O) groups excluding carboxylic acids is 1. The highest BCUT2D eigenvalue weighted by atomic mass is 16.3. The minimum Gasteiger partial charge on any atom is -0.508 e. The Labute approximate surface area is 88.6 Å².